The van der Waals surface area contributed by atoms with Crippen molar-refractivity contribution in [1.29, 1.82) is 0 Å². The number of hydrogen-bond donors (Lipinski definition) is 2. The molecule has 0 spiro atoms. The topological polar surface area (TPSA) is 114 Å². The molecule has 168 valence electrons. The lowest BCUT2D eigenvalue weighted by Gasteiger charge is -2.24. The number of aromatic amines is 1. The minimum atomic E-state index is -3.33. The highest BCUT2D eigenvalue weighted by molar-refractivity contribution is 7.92. The van der Waals surface area contributed by atoms with E-state index < -0.39 is 10.0 Å². The number of hydrogen-bond acceptors (Lipinski definition) is 6. The summed E-state index contributed by atoms with van der Waals surface area (Å²) >= 11 is 0. The summed E-state index contributed by atoms with van der Waals surface area (Å²) in [6, 6.07) is 10.8. The number of nitrogens with zero attached hydrogens (tertiary/aromatic N) is 2. The number of methoxy groups -OCH3 is 1. The predicted octanol–water partition coefficient (Wildman–Crippen LogP) is 3.68. The Balaban J connectivity index is 2.07. The Kier molecular flexibility index (Phi) is 6.50. The maximum atomic E-state index is 12.3. The molecule has 0 amide bonds. The third-order valence-corrected chi connectivity index (χ3v) is 5.30. The van der Waals surface area contributed by atoms with E-state index in [0.717, 1.165) is 22.9 Å². The smallest absolute Gasteiger partial charge is 0.290 e. The molecular formula is C23H26N4O4S. The van der Waals surface area contributed by atoms with Crippen LogP contribution in [0.1, 0.15) is 37.5 Å². The first kappa shape index (κ1) is 23.2. The van der Waals surface area contributed by atoms with Gasteiger partial charge >= 0.3 is 0 Å². The molecule has 0 radical (unpaired) electrons. The minimum Gasteiger partial charge on any atom is -0.496 e. The highest BCUT2D eigenvalue weighted by Crippen LogP contribution is 2.38. The average molecular weight is 455 g/mol. The van der Waals surface area contributed by atoms with E-state index in [1.165, 1.54) is 6.33 Å². The van der Waals surface area contributed by atoms with Crippen molar-refractivity contribution in [2.75, 3.05) is 18.1 Å². The van der Waals surface area contributed by atoms with Crippen LogP contribution in [0.15, 0.2) is 47.5 Å². The Morgan fingerprint density at radius 1 is 1.09 bits per heavy atom. The molecule has 0 saturated heterocycles. The van der Waals surface area contributed by atoms with Crippen LogP contribution in [0.2, 0.25) is 0 Å². The maximum absolute atomic E-state index is 12.3. The first-order valence-corrected chi connectivity index (χ1v) is 11.8. The van der Waals surface area contributed by atoms with Gasteiger partial charge in [0.25, 0.3) is 5.56 Å². The molecule has 0 saturated carbocycles. The van der Waals surface area contributed by atoms with Gasteiger partial charge in [0.1, 0.15) is 17.8 Å². The molecule has 0 aliphatic rings. The predicted molar refractivity (Wildman–Crippen MR) is 127 cm³/mol. The van der Waals surface area contributed by atoms with Crippen molar-refractivity contribution in [2.45, 2.75) is 26.2 Å². The number of H-pyrrole nitrogens is 1. The molecule has 1 aromatic heterocycles. The SMILES string of the molecule is COc1c(C=Cc2ccc(NS(C)(=O)=O)cc2)cc(-c2ncn[nH]c2=O)cc1C(C)(C)C. The lowest BCUT2D eigenvalue weighted by molar-refractivity contribution is 0.397. The van der Waals surface area contributed by atoms with Crippen molar-refractivity contribution < 1.29 is 13.2 Å². The second-order valence-electron chi connectivity index (χ2n) is 8.39. The summed E-state index contributed by atoms with van der Waals surface area (Å²) in [5.41, 5.74) is 3.39. The fourth-order valence-electron chi connectivity index (χ4n) is 3.25. The Bertz CT molecular complexity index is 1310. The van der Waals surface area contributed by atoms with E-state index in [1.807, 2.05) is 24.3 Å². The standard InChI is InChI=1S/C23H26N4O4S/c1-23(2,3)19-13-17(20-22(28)26-25-14-24-20)12-16(21(19)31-4)9-6-15-7-10-18(11-8-15)27-32(5,29)30/h6-14,27H,1-5H3,(H,26,28). The molecule has 2 aromatic carbocycles. The normalized spacial score (nSPS) is 12.2. The third-order valence-electron chi connectivity index (χ3n) is 4.70. The summed E-state index contributed by atoms with van der Waals surface area (Å²) in [4.78, 5) is 16.4. The van der Waals surface area contributed by atoms with Gasteiger partial charge in [0.2, 0.25) is 10.0 Å². The van der Waals surface area contributed by atoms with Gasteiger partial charge in [0, 0.05) is 22.4 Å². The first-order valence-electron chi connectivity index (χ1n) is 9.86. The largest absolute Gasteiger partial charge is 0.496 e. The highest BCUT2D eigenvalue weighted by Gasteiger charge is 2.23. The summed E-state index contributed by atoms with van der Waals surface area (Å²) in [6.07, 6.45) is 6.20. The third kappa shape index (κ3) is 5.61. The Morgan fingerprint density at radius 3 is 2.34 bits per heavy atom. The molecule has 0 aliphatic carbocycles. The van der Waals surface area contributed by atoms with Gasteiger partial charge in [-0.1, -0.05) is 45.1 Å². The highest BCUT2D eigenvalue weighted by atomic mass is 32.2. The number of anilines is 1. The van der Waals surface area contributed by atoms with Gasteiger partial charge in [-0.3, -0.25) is 9.52 Å². The van der Waals surface area contributed by atoms with Gasteiger partial charge in [-0.15, -0.1) is 0 Å². The van der Waals surface area contributed by atoms with E-state index in [1.54, 1.807) is 31.4 Å². The number of ether oxygens (including phenoxy) is 1. The summed E-state index contributed by atoms with van der Waals surface area (Å²) < 4.78 is 30.9. The zero-order valence-electron chi connectivity index (χ0n) is 18.6. The van der Waals surface area contributed by atoms with Crippen molar-refractivity contribution in [1.82, 2.24) is 15.2 Å². The lowest BCUT2D eigenvalue weighted by atomic mass is 9.83. The second-order valence-corrected chi connectivity index (χ2v) is 10.1. The molecule has 8 nitrogen and oxygen atoms in total. The molecule has 0 atom stereocenters. The van der Waals surface area contributed by atoms with Crippen molar-refractivity contribution >= 4 is 27.9 Å². The number of benzene rings is 2. The maximum Gasteiger partial charge on any atom is 0.290 e. The van der Waals surface area contributed by atoms with Crippen LogP contribution in [0, 0.1) is 0 Å². The minimum absolute atomic E-state index is 0.247. The van der Waals surface area contributed by atoms with Crippen molar-refractivity contribution in [3.8, 4) is 17.0 Å². The van der Waals surface area contributed by atoms with Crippen LogP contribution in [0.4, 0.5) is 5.69 Å². The van der Waals surface area contributed by atoms with Crippen LogP contribution in [0.3, 0.4) is 0 Å². The van der Waals surface area contributed by atoms with Gasteiger partial charge in [0.05, 0.1) is 13.4 Å². The molecule has 1 heterocycles. The number of nitrogens with one attached hydrogen (secondary N) is 2. The molecule has 0 bridgehead atoms. The zero-order chi connectivity index (χ0) is 23.5. The Hall–Kier alpha value is -3.46. The molecule has 3 aromatic rings. The molecular weight excluding hydrogens is 428 g/mol. The fraction of sp³-hybridized carbons (Fsp3) is 0.261. The molecule has 3 rings (SSSR count). The number of aromatic nitrogens is 3. The Morgan fingerprint density at radius 2 is 1.78 bits per heavy atom. The quantitative estimate of drug-likeness (QED) is 0.549. The summed E-state index contributed by atoms with van der Waals surface area (Å²) in [5, 5.41) is 6.09. The van der Waals surface area contributed by atoms with Gasteiger partial charge in [-0.25, -0.2) is 18.5 Å². The van der Waals surface area contributed by atoms with Gasteiger partial charge in [0.15, 0.2) is 0 Å². The monoisotopic (exact) mass is 454 g/mol. The van der Waals surface area contributed by atoms with Crippen LogP contribution >= 0.6 is 0 Å². The van der Waals surface area contributed by atoms with E-state index in [9.17, 15) is 13.2 Å². The summed E-state index contributed by atoms with van der Waals surface area (Å²) in [7, 11) is -1.71. The Labute approximate surface area is 187 Å². The first-order chi connectivity index (χ1) is 15.0. The van der Waals surface area contributed by atoms with Crippen LogP contribution in [-0.2, 0) is 15.4 Å². The van der Waals surface area contributed by atoms with E-state index in [4.69, 9.17) is 4.74 Å². The lowest BCUT2D eigenvalue weighted by Crippen LogP contribution is -2.16. The van der Waals surface area contributed by atoms with E-state index >= 15 is 0 Å². The van der Waals surface area contributed by atoms with Crippen LogP contribution in [-0.4, -0.2) is 37.0 Å². The molecule has 9 heteroatoms. The summed E-state index contributed by atoms with van der Waals surface area (Å²) in [5.74, 6) is 0.707. The van der Waals surface area contributed by atoms with Gasteiger partial charge in [-0.05, 0) is 35.2 Å². The van der Waals surface area contributed by atoms with E-state index in [2.05, 4.69) is 40.7 Å². The van der Waals surface area contributed by atoms with Gasteiger partial charge in [-0.2, -0.15) is 5.10 Å². The zero-order valence-corrected chi connectivity index (χ0v) is 19.4. The molecule has 0 unspecified atom stereocenters. The van der Waals surface area contributed by atoms with Crippen molar-refractivity contribution in [3.05, 3.63) is 69.8 Å². The molecule has 2 N–H and O–H groups in total. The number of rotatable bonds is 6. The van der Waals surface area contributed by atoms with E-state index in [-0.39, 0.29) is 16.7 Å². The summed E-state index contributed by atoms with van der Waals surface area (Å²) in [6.45, 7) is 6.21. The molecule has 0 aliphatic heterocycles. The van der Waals surface area contributed by atoms with Gasteiger partial charge < -0.3 is 4.74 Å². The van der Waals surface area contributed by atoms with Crippen LogP contribution in [0.25, 0.3) is 23.4 Å². The van der Waals surface area contributed by atoms with Crippen molar-refractivity contribution in [3.63, 3.8) is 0 Å². The molecule has 32 heavy (non-hydrogen) atoms. The average Bonchev–Trinajstić information content (AvgIpc) is 2.71. The second kappa shape index (κ2) is 8.96. The van der Waals surface area contributed by atoms with Crippen molar-refractivity contribution in [2.24, 2.45) is 0 Å². The van der Waals surface area contributed by atoms with Crippen LogP contribution in [0.5, 0.6) is 5.75 Å². The van der Waals surface area contributed by atoms with E-state index in [0.29, 0.717) is 17.0 Å². The fourth-order valence-corrected chi connectivity index (χ4v) is 3.81. The van der Waals surface area contributed by atoms with Crippen LogP contribution < -0.4 is 15.0 Å². The number of sulfonamides is 1. The molecule has 0 fully saturated rings.